The Bertz CT molecular complexity index is 712. The van der Waals surface area contributed by atoms with Crippen molar-refractivity contribution >= 4 is 12.0 Å². The highest BCUT2D eigenvalue weighted by Gasteiger charge is 2.34. The van der Waals surface area contributed by atoms with Gasteiger partial charge in [0.1, 0.15) is 0 Å². The maximum Gasteiger partial charge on any atom is 0.338 e. The molecule has 0 saturated carbocycles. The van der Waals surface area contributed by atoms with E-state index in [1.165, 1.54) is 0 Å². The third kappa shape index (κ3) is 4.28. The third-order valence-electron chi connectivity index (χ3n) is 3.89. The van der Waals surface area contributed by atoms with Crippen molar-refractivity contribution in [3.05, 3.63) is 35.0 Å². The standard InChI is InChI=1S/C19H26N2O5/c1-6-13-16(18(22)26-11(3)4)17(21-19(23)20-13)12-8-9-14(24-5)15(10-12)25-7-2/h8-11,17H,6-7H2,1-5H3,(H2,20,21,23). The molecule has 1 unspecified atom stereocenters. The van der Waals surface area contributed by atoms with Crippen LogP contribution in [0.2, 0.25) is 0 Å². The number of hydrogen-bond donors (Lipinski definition) is 2. The second-order valence-corrected chi connectivity index (χ2v) is 6.07. The van der Waals surface area contributed by atoms with Crippen LogP contribution >= 0.6 is 0 Å². The van der Waals surface area contributed by atoms with Crippen molar-refractivity contribution in [1.82, 2.24) is 10.6 Å². The van der Waals surface area contributed by atoms with Crippen molar-refractivity contribution in [2.45, 2.75) is 46.3 Å². The number of ether oxygens (including phenoxy) is 3. The summed E-state index contributed by atoms with van der Waals surface area (Å²) in [5, 5.41) is 5.51. The summed E-state index contributed by atoms with van der Waals surface area (Å²) in [4.78, 5) is 24.8. The van der Waals surface area contributed by atoms with E-state index < -0.39 is 12.0 Å². The van der Waals surface area contributed by atoms with Crippen LogP contribution < -0.4 is 20.1 Å². The third-order valence-corrected chi connectivity index (χ3v) is 3.89. The van der Waals surface area contributed by atoms with Crippen LogP contribution in [0.15, 0.2) is 29.5 Å². The lowest BCUT2D eigenvalue weighted by atomic mass is 9.94. The number of hydrogen-bond acceptors (Lipinski definition) is 5. The van der Waals surface area contributed by atoms with Gasteiger partial charge in [0, 0.05) is 5.70 Å². The molecule has 2 N–H and O–H groups in total. The molecule has 1 atom stereocenters. The normalized spacial score (nSPS) is 16.8. The minimum absolute atomic E-state index is 0.263. The summed E-state index contributed by atoms with van der Waals surface area (Å²) in [5.41, 5.74) is 1.66. The van der Waals surface area contributed by atoms with Crippen LogP contribution in [0.25, 0.3) is 0 Å². The van der Waals surface area contributed by atoms with E-state index in [1.54, 1.807) is 39.2 Å². The number of amides is 2. The van der Waals surface area contributed by atoms with Crippen molar-refractivity contribution in [3.8, 4) is 11.5 Å². The topological polar surface area (TPSA) is 85.9 Å². The molecule has 0 aromatic heterocycles. The molecule has 7 heteroatoms. The van der Waals surface area contributed by atoms with Gasteiger partial charge in [-0.2, -0.15) is 0 Å². The van der Waals surface area contributed by atoms with Gasteiger partial charge in [0.05, 0.1) is 31.4 Å². The molecule has 0 spiro atoms. The van der Waals surface area contributed by atoms with Gasteiger partial charge in [0.15, 0.2) is 11.5 Å². The van der Waals surface area contributed by atoms with Crippen LogP contribution in [0.1, 0.15) is 45.7 Å². The number of urea groups is 1. The first-order valence-corrected chi connectivity index (χ1v) is 8.73. The summed E-state index contributed by atoms with van der Waals surface area (Å²) < 4.78 is 16.3. The molecule has 1 aromatic rings. The molecule has 1 aliphatic rings. The molecule has 1 heterocycles. The number of carbonyl (C=O) groups is 2. The van der Waals surface area contributed by atoms with E-state index in [9.17, 15) is 9.59 Å². The number of nitrogens with one attached hydrogen (secondary N) is 2. The Morgan fingerprint density at radius 2 is 1.96 bits per heavy atom. The number of benzene rings is 1. The highest BCUT2D eigenvalue weighted by Crippen LogP contribution is 2.35. The van der Waals surface area contributed by atoms with Crippen molar-refractivity contribution in [2.24, 2.45) is 0 Å². The fourth-order valence-electron chi connectivity index (χ4n) is 2.81. The summed E-state index contributed by atoms with van der Waals surface area (Å²) in [5.74, 6) is 0.680. The zero-order valence-electron chi connectivity index (χ0n) is 15.8. The van der Waals surface area contributed by atoms with Gasteiger partial charge >= 0.3 is 12.0 Å². The van der Waals surface area contributed by atoms with Gasteiger partial charge in [-0.1, -0.05) is 13.0 Å². The first-order chi connectivity index (χ1) is 12.4. The lowest BCUT2D eigenvalue weighted by molar-refractivity contribution is -0.143. The first-order valence-electron chi connectivity index (χ1n) is 8.73. The van der Waals surface area contributed by atoms with Crippen molar-refractivity contribution in [1.29, 1.82) is 0 Å². The second-order valence-electron chi connectivity index (χ2n) is 6.07. The fraction of sp³-hybridized carbons (Fsp3) is 0.474. The van der Waals surface area contributed by atoms with E-state index in [0.29, 0.717) is 41.4 Å². The average Bonchev–Trinajstić information content (AvgIpc) is 2.60. The van der Waals surface area contributed by atoms with Gasteiger partial charge in [-0.3, -0.25) is 0 Å². The smallest absolute Gasteiger partial charge is 0.338 e. The highest BCUT2D eigenvalue weighted by atomic mass is 16.5. The molecule has 0 saturated heterocycles. The quantitative estimate of drug-likeness (QED) is 0.728. The molecular formula is C19H26N2O5. The van der Waals surface area contributed by atoms with Crippen LogP contribution in [-0.4, -0.2) is 31.8 Å². The van der Waals surface area contributed by atoms with E-state index >= 15 is 0 Å². The van der Waals surface area contributed by atoms with E-state index in [2.05, 4.69) is 10.6 Å². The zero-order valence-corrected chi connectivity index (χ0v) is 15.8. The van der Waals surface area contributed by atoms with Crippen molar-refractivity contribution < 1.29 is 23.8 Å². The molecular weight excluding hydrogens is 336 g/mol. The summed E-state index contributed by atoms with van der Waals surface area (Å²) in [6.07, 6.45) is 0.238. The lowest BCUT2D eigenvalue weighted by Crippen LogP contribution is -2.46. The van der Waals surface area contributed by atoms with Crippen molar-refractivity contribution in [3.63, 3.8) is 0 Å². The van der Waals surface area contributed by atoms with E-state index in [1.807, 2.05) is 13.8 Å². The number of allylic oxidation sites excluding steroid dienone is 1. The Hall–Kier alpha value is -2.70. The Morgan fingerprint density at radius 1 is 1.23 bits per heavy atom. The Labute approximate surface area is 153 Å². The molecule has 0 bridgehead atoms. The SMILES string of the molecule is CCOc1cc(C2NC(=O)NC(CC)=C2C(=O)OC(C)C)ccc1OC. The van der Waals surface area contributed by atoms with E-state index in [-0.39, 0.29) is 12.1 Å². The van der Waals surface area contributed by atoms with E-state index in [0.717, 1.165) is 0 Å². The van der Waals surface area contributed by atoms with Gasteiger partial charge < -0.3 is 24.8 Å². The van der Waals surface area contributed by atoms with E-state index in [4.69, 9.17) is 14.2 Å². The highest BCUT2D eigenvalue weighted by molar-refractivity contribution is 5.95. The number of methoxy groups -OCH3 is 1. The molecule has 1 aromatic carbocycles. The first kappa shape index (κ1) is 19.6. The molecule has 0 radical (unpaired) electrons. The molecule has 0 aliphatic carbocycles. The monoisotopic (exact) mass is 362 g/mol. The molecule has 142 valence electrons. The summed E-state index contributed by atoms with van der Waals surface area (Å²) in [6, 6.07) is 4.34. The summed E-state index contributed by atoms with van der Waals surface area (Å²) >= 11 is 0. The molecule has 2 rings (SSSR count). The molecule has 2 amide bonds. The minimum Gasteiger partial charge on any atom is -0.493 e. The van der Waals surface area contributed by atoms with Gasteiger partial charge in [-0.15, -0.1) is 0 Å². The maximum atomic E-state index is 12.7. The number of carbonyl (C=O) groups excluding carboxylic acids is 2. The summed E-state index contributed by atoms with van der Waals surface area (Å²) in [6.45, 7) is 7.79. The molecule has 26 heavy (non-hydrogen) atoms. The van der Waals surface area contributed by atoms with Gasteiger partial charge in [-0.25, -0.2) is 9.59 Å². The lowest BCUT2D eigenvalue weighted by Gasteiger charge is -2.30. The van der Waals surface area contributed by atoms with Crippen LogP contribution in [0.4, 0.5) is 4.79 Å². The molecule has 1 aliphatic heterocycles. The van der Waals surface area contributed by atoms with Crippen molar-refractivity contribution in [2.75, 3.05) is 13.7 Å². The maximum absolute atomic E-state index is 12.7. The second kappa shape index (κ2) is 8.60. The van der Waals surface area contributed by atoms with Gasteiger partial charge in [0.2, 0.25) is 0 Å². The fourth-order valence-corrected chi connectivity index (χ4v) is 2.81. The zero-order chi connectivity index (χ0) is 19.3. The minimum atomic E-state index is -0.630. The summed E-state index contributed by atoms with van der Waals surface area (Å²) in [7, 11) is 1.56. The van der Waals surface area contributed by atoms with Crippen LogP contribution in [0.3, 0.4) is 0 Å². The number of rotatable bonds is 7. The van der Waals surface area contributed by atoms with Gasteiger partial charge in [-0.05, 0) is 44.9 Å². The Kier molecular flexibility index (Phi) is 6.49. The largest absolute Gasteiger partial charge is 0.493 e. The predicted molar refractivity (Wildman–Crippen MR) is 97.1 cm³/mol. The predicted octanol–water partition coefficient (Wildman–Crippen LogP) is 3.06. The van der Waals surface area contributed by atoms with Crippen LogP contribution in [-0.2, 0) is 9.53 Å². The van der Waals surface area contributed by atoms with Crippen LogP contribution in [0, 0.1) is 0 Å². The Balaban J connectivity index is 2.51. The molecule has 7 nitrogen and oxygen atoms in total. The molecule has 0 fully saturated rings. The van der Waals surface area contributed by atoms with Crippen LogP contribution in [0.5, 0.6) is 11.5 Å². The number of esters is 1. The average molecular weight is 362 g/mol. The van der Waals surface area contributed by atoms with Gasteiger partial charge in [0.25, 0.3) is 0 Å². The Morgan fingerprint density at radius 3 is 2.54 bits per heavy atom.